The van der Waals surface area contributed by atoms with Gasteiger partial charge in [0.2, 0.25) is 5.91 Å². The highest BCUT2D eigenvalue weighted by atomic mass is 32.2. The van der Waals surface area contributed by atoms with Crippen LogP contribution in [0, 0.1) is 0 Å². The summed E-state index contributed by atoms with van der Waals surface area (Å²) in [6.07, 6.45) is 6.10. The van der Waals surface area contributed by atoms with Crippen LogP contribution in [0.25, 0.3) is 0 Å². The molecule has 5 heteroatoms. The van der Waals surface area contributed by atoms with Crippen molar-refractivity contribution >= 4 is 17.7 Å². The first-order valence-electron chi connectivity index (χ1n) is 6.97. The fourth-order valence-corrected chi connectivity index (χ4v) is 3.28. The molecule has 1 amide bonds. The average molecular weight is 271 g/mol. The highest BCUT2D eigenvalue weighted by Crippen LogP contribution is 2.20. The molecule has 18 heavy (non-hydrogen) atoms. The lowest BCUT2D eigenvalue weighted by Gasteiger charge is -2.34. The Morgan fingerprint density at radius 1 is 1.28 bits per heavy atom. The standard InChI is InChI=1S/C13H25N3OS/c1-18-9-5-13(17)16-8-4-12(10-16)15-6-2-11(14)3-7-15/h11-12H,2-10,14H2,1H3. The number of amides is 1. The maximum absolute atomic E-state index is 12.0. The van der Waals surface area contributed by atoms with Gasteiger partial charge in [-0.15, -0.1) is 0 Å². The van der Waals surface area contributed by atoms with Crippen molar-refractivity contribution in [1.82, 2.24) is 9.80 Å². The van der Waals surface area contributed by atoms with Crippen LogP contribution in [0.5, 0.6) is 0 Å². The molecule has 1 unspecified atom stereocenters. The van der Waals surface area contributed by atoms with Crippen molar-refractivity contribution < 1.29 is 4.79 Å². The van der Waals surface area contributed by atoms with E-state index >= 15 is 0 Å². The Labute approximate surface area is 114 Å². The van der Waals surface area contributed by atoms with Crippen LogP contribution in [0.1, 0.15) is 25.7 Å². The van der Waals surface area contributed by atoms with E-state index in [2.05, 4.69) is 16.1 Å². The normalized spacial score (nSPS) is 26.8. The van der Waals surface area contributed by atoms with Gasteiger partial charge in [0.25, 0.3) is 0 Å². The number of carbonyl (C=O) groups excluding carboxylic acids is 1. The molecule has 0 saturated carbocycles. The van der Waals surface area contributed by atoms with Gasteiger partial charge in [-0.05, 0) is 38.6 Å². The molecule has 0 aromatic heterocycles. The van der Waals surface area contributed by atoms with E-state index in [1.807, 2.05) is 0 Å². The number of hydrogen-bond donors (Lipinski definition) is 1. The second kappa shape index (κ2) is 6.78. The van der Waals surface area contributed by atoms with Crippen molar-refractivity contribution in [2.45, 2.75) is 37.8 Å². The highest BCUT2D eigenvalue weighted by molar-refractivity contribution is 7.98. The molecule has 0 aromatic rings. The number of carbonyl (C=O) groups is 1. The molecule has 2 fully saturated rings. The molecule has 0 bridgehead atoms. The van der Waals surface area contributed by atoms with Gasteiger partial charge in [0.05, 0.1) is 0 Å². The van der Waals surface area contributed by atoms with Gasteiger partial charge in [-0.3, -0.25) is 9.69 Å². The van der Waals surface area contributed by atoms with Crippen molar-refractivity contribution in [1.29, 1.82) is 0 Å². The topological polar surface area (TPSA) is 49.6 Å². The van der Waals surface area contributed by atoms with E-state index in [4.69, 9.17) is 5.73 Å². The SMILES string of the molecule is CSCCC(=O)N1CCC(N2CCC(N)CC2)C1. The molecule has 2 saturated heterocycles. The van der Waals surface area contributed by atoms with E-state index in [1.54, 1.807) is 11.8 Å². The third kappa shape index (κ3) is 3.62. The number of thioether (sulfide) groups is 1. The summed E-state index contributed by atoms with van der Waals surface area (Å²) in [6.45, 7) is 4.10. The van der Waals surface area contributed by atoms with Gasteiger partial charge in [-0.2, -0.15) is 11.8 Å². The summed E-state index contributed by atoms with van der Waals surface area (Å²) in [5, 5.41) is 0. The Hall–Kier alpha value is -0.260. The van der Waals surface area contributed by atoms with Crippen LogP contribution in [0.15, 0.2) is 0 Å². The molecule has 1 atom stereocenters. The summed E-state index contributed by atoms with van der Waals surface area (Å²) >= 11 is 1.75. The van der Waals surface area contributed by atoms with Gasteiger partial charge < -0.3 is 10.6 Å². The summed E-state index contributed by atoms with van der Waals surface area (Å²) in [7, 11) is 0. The van der Waals surface area contributed by atoms with E-state index in [0.29, 0.717) is 24.4 Å². The van der Waals surface area contributed by atoms with E-state index in [0.717, 1.165) is 51.2 Å². The first-order chi connectivity index (χ1) is 8.70. The molecule has 2 aliphatic rings. The molecule has 2 rings (SSSR count). The summed E-state index contributed by atoms with van der Waals surface area (Å²) in [6, 6.07) is 0.970. The fourth-order valence-electron chi connectivity index (χ4n) is 2.90. The van der Waals surface area contributed by atoms with Crippen molar-refractivity contribution in [2.75, 3.05) is 38.2 Å². The number of piperidine rings is 1. The summed E-state index contributed by atoms with van der Waals surface area (Å²) in [4.78, 5) is 16.5. The molecule has 0 radical (unpaired) electrons. The lowest BCUT2D eigenvalue weighted by molar-refractivity contribution is -0.129. The van der Waals surface area contributed by atoms with Crippen molar-refractivity contribution in [3.63, 3.8) is 0 Å². The zero-order valence-electron chi connectivity index (χ0n) is 11.3. The predicted molar refractivity (Wildman–Crippen MR) is 76.8 cm³/mol. The summed E-state index contributed by atoms with van der Waals surface area (Å²) in [5.41, 5.74) is 5.93. The van der Waals surface area contributed by atoms with Crippen LogP contribution in [0.4, 0.5) is 0 Å². The zero-order valence-corrected chi connectivity index (χ0v) is 12.1. The number of likely N-dealkylation sites (tertiary alicyclic amines) is 2. The van der Waals surface area contributed by atoms with Gasteiger partial charge in [-0.25, -0.2) is 0 Å². The third-order valence-electron chi connectivity index (χ3n) is 4.13. The molecule has 2 N–H and O–H groups in total. The lowest BCUT2D eigenvalue weighted by Crippen LogP contribution is -2.46. The molecule has 0 spiro atoms. The Morgan fingerprint density at radius 2 is 2.00 bits per heavy atom. The van der Waals surface area contributed by atoms with Crippen LogP contribution in [-0.4, -0.2) is 66.0 Å². The Morgan fingerprint density at radius 3 is 2.67 bits per heavy atom. The minimum absolute atomic E-state index is 0.334. The quantitative estimate of drug-likeness (QED) is 0.820. The largest absolute Gasteiger partial charge is 0.341 e. The van der Waals surface area contributed by atoms with Crippen LogP contribution in [0.3, 0.4) is 0 Å². The van der Waals surface area contributed by atoms with E-state index in [9.17, 15) is 4.79 Å². The van der Waals surface area contributed by atoms with Crippen LogP contribution in [0.2, 0.25) is 0 Å². The van der Waals surface area contributed by atoms with E-state index in [1.165, 1.54) is 0 Å². The molecule has 104 valence electrons. The average Bonchev–Trinajstić information content (AvgIpc) is 2.86. The molecular weight excluding hydrogens is 246 g/mol. The molecule has 4 nitrogen and oxygen atoms in total. The van der Waals surface area contributed by atoms with Crippen molar-refractivity contribution in [2.24, 2.45) is 5.73 Å². The van der Waals surface area contributed by atoms with Crippen LogP contribution in [-0.2, 0) is 4.79 Å². The molecule has 0 aromatic carbocycles. The number of hydrogen-bond acceptors (Lipinski definition) is 4. The van der Waals surface area contributed by atoms with E-state index < -0.39 is 0 Å². The first kappa shape index (κ1) is 14.2. The third-order valence-corrected chi connectivity index (χ3v) is 4.74. The maximum Gasteiger partial charge on any atom is 0.223 e. The number of rotatable bonds is 4. The second-order valence-electron chi connectivity index (χ2n) is 5.40. The minimum Gasteiger partial charge on any atom is -0.341 e. The molecule has 0 aliphatic carbocycles. The monoisotopic (exact) mass is 271 g/mol. The highest BCUT2D eigenvalue weighted by Gasteiger charge is 2.31. The second-order valence-corrected chi connectivity index (χ2v) is 6.38. The molecule has 2 aliphatic heterocycles. The Balaban J connectivity index is 1.76. The molecule has 2 heterocycles. The molecular formula is C13H25N3OS. The first-order valence-corrected chi connectivity index (χ1v) is 8.36. The maximum atomic E-state index is 12.0. The predicted octanol–water partition coefficient (Wildman–Crippen LogP) is 0.764. The van der Waals surface area contributed by atoms with Crippen molar-refractivity contribution in [3.8, 4) is 0 Å². The van der Waals surface area contributed by atoms with Gasteiger partial charge in [-0.1, -0.05) is 0 Å². The zero-order chi connectivity index (χ0) is 13.0. The smallest absolute Gasteiger partial charge is 0.223 e. The summed E-state index contributed by atoms with van der Waals surface area (Å²) < 4.78 is 0. The van der Waals surface area contributed by atoms with E-state index in [-0.39, 0.29) is 0 Å². The fraction of sp³-hybridized carbons (Fsp3) is 0.923. The van der Waals surface area contributed by atoms with Crippen LogP contribution >= 0.6 is 11.8 Å². The van der Waals surface area contributed by atoms with Gasteiger partial charge in [0.1, 0.15) is 0 Å². The van der Waals surface area contributed by atoms with Gasteiger partial charge in [0.15, 0.2) is 0 Å². The number of nitrogens with two attached hydrogens (primary N) is 1. The lowest BCUT2D eigenvalue weighted by atomic mass is 10.0. The van der Waals surface area contributed by atoms with Crippen molar-refractivity contribution in [3.05, 3.63) is 0 Å². The van der Waals surface area contributed by atoms with Crippen LogP contribution < -0.4 is 5.73 Å². The Bertz CT molecular complexity index is 279. The Kier molecular flexibility index (Phi) is 5.33. The number of nitrogens with zero attached hydrogens (tertiary/aromatic N) is 2. The summed E-state index contributed by atoms with van der Waals surface area (Å²) in [5.74, 6) is 1.28. The van der Waals surface area contributed by atoms with Gasteiger partial charge >= 0.3 is 0 Å². The minimum atomic E-state index is 0.334. The van der Waals surface area contributed by atoms with Gasteiger partial charge in [0, 0.05) is 37.3 Å².